The lowest BCUT2D eigenvalue weighted by Gasteiger charge is -2.39. The third-order valence-corrected chi connectivity index (χ3v) is 8.21. The van der Waals surface area contributed by atoms with Gasteiger partial charge in [0.2, 0.25) is 11.8 Å². The molecule has 0 radical (unpaired) electrons. The van der Waals surface area contributed by atoms with E-state index in [1.165, 1.54) is 0 Å². The lowest BCUT2D eigenvalue weighted by Crippen LogP contribution is -2.58. The monoisotopic (exact) mass is 492 g/mol. The molecule has 0 aliphatic carbocycles. The largest absolute Gasteiger partial charge is 0.466 e. The Balaban J connectivity index is 1.98. The topological polar surface area (TPSA) is 96.4 Å². The molecule has 198 valence electrons. The molecule has 3 saturated heterocycles. The van der Waals surface area contributed by atoms with Crippen LogP contribution in [0.25, 0.3) is 0 Å². The van der Waals surface area contributed by atoms with Gasteiger partial charge in [0, 0.05) is 25.7 Å². The number of rotatable bonds is 14. The Hall–Kier alpha value is -1.93. The zero-order chi connectivity index (χ0) is 25.8. The Bertz CT molecular complexity index is 803. The number of hydrogen-bond acceptors (Lipinski definition) is 6. The van der Waals surface area contributed by atoms with Gasteiger partial charge in [-0.3, -0.25) is 14.4 Å². The molecule has 3 aliphatic heterocycles. The fourth-order valence-electron chi connectivity index (χ4n) is 6.64. The predicted octanol–water partition coefficient (Wildman–Crippen LogP) is 3.07. The number of esters is 1. The molecule has 0 saturated carbocycles. The average molecular weight is 493 g/mol. The number of hydrogen-bond donors (Lipinski definition) is 1. The Morgan fingerprint density at radius 2 is 2.00 bits per heavy atom. The highest BCUT2D eigenvalue weighted by atomic mass is 16.6. The van der Waals surface area contributed by atoms with E-state index in [1.54, 1.807) is 17.9 Å². The molecule has 6 atom stereocenters. The summed E-state index contributed by atoms with van der Waals surface area (Å²) in [6, 6.07) is -0.768. The number of aliphatic hydroxyl groups is 1. The molecule has 0 aromatic carbocycles. The van der Waals surface area contributed by atoms with Crippen molar-refractivity contribution in [1.29, 1.82) is 0 Å². The molecule has 3 heterocycles. The normalized spacial score (nSPS) is 32.0. The van der Waals surface area contributed by atoms with Gasteiger partial charge in [-0.05, 0) is 52.9 Å². The third-order valence-electron chi connectivity index (χ3n) is 8.21. The van der Waals surface area contributed by atoms with Crippen LogP contribution in [0.3, 0.4) is 0 Å². The number of unbranched alkanes of at least 4 members (excludes halogenated alkanes) is 3. The first-order chi connectivity index (χ1) is 16.7. The van der Waals surface area contributed by atoms with E-state index < -0.39 is 35.0 Å². The first-order valence-corrected chi connectivity index (χ1v) is 13.4. The van der Waals surface area contributed by atoms with Gasteiger partial charge in [0.1, 0.15) is 17.6 Å². The summed E-state index contributed by atoms with van der Waals surface area (Å²) in [7, 11) is 0. The van der Waals surface area contributed by atoms with Crippen molar-refractivity contribution in [1.82, 2.24) is 9.80 Å². The van der Waals surface area contributed by atoms with Crippen molar-refractivity contribution in [2.45, 2.75) is 102 Å². The highest BCUT2D eigenvalue weighted by molar-refractivity contribution is 5.98. The maximum Gasteiger partial charge on any atom is 0.312 e. The number of fused-ring (bicyclic) bond motifs is 1. The number of likely N-dealkylation sites (tertiary alicyclic amines) is 1. The molecule has 0 aromatic heterocycles. The molecular weight excluding hydrogens is 448 g/mol. The zero-order valence-electron chi connectivity index (χ0n) is 22.0. The van der Waals surface area contributed by atoms with E-state index in [2.05, 4.69) is 13.5 Å². The van der Waals surface area contributed by atoms with Crippen LogP contribution >= 0.6 is 0 Å². The van der Waals surface area contributed by atoms with Crippen molar-refractivity contribution in [2.24, 2.45) is 11.8 Å². The van der Waals surface area contributed by atoms with Crippen LogP contribution in [0.5, 0.6) is 0 Å². The van der Waals surface area contributed by atoms with E-state index in [0.29, 0.717) is 25.9 Å². The maximum atomic E-state index is 14.2. The minimum absolute atomic E-state index is 0.00232. The van der Waals surface area contributed by atoms with E-state index in [-0.39, 0.29) is 31.1 Å². The van der Waals surface area contributed by atoms with Gasteiger partial charge in [-0.1, -0.05) is 32.3 Å². The van der Waals surface area contributed by atoms with Crippen molar-refractivity contribution in [2.75, 3.05) is 26.3 Å². The van der Waals surface area contributed by atoms with Crippen LogP contribution in [-0.2, 0) is 23.9 Å². The second kappa shape index (κ2) is 11.4. The smallest absolute Gasteiger partial charge is 0.312 e. The summed E-state index contributed by atoms with van der Waals surface area (Å²) in [5, 5.41) is 9.09. The molecule has 3 aliphatic rings. The molecule has 3 fully saturated rings. The minimum atomic E-state index is -1.02. The van der Waals surface area contributed by atoms with Crippen molar-refractivity contribution in [3.05, 3.63) is 12.7 Å². The van der Waals surface area contributed by atoms with Crippen molar-refractivity contribution < 1.29 is 29.0 Å². The van der Waals surface area contributed by atoms with Crippen LogP contribution in [0.1, 0.15) is 79.1 Å². The maximum absolute atomic E-state index is 14.2. The van der Waals surface area contributed by atoms with E-state index >= 15 is 0 Å². The van der Waals surface area contributed by atoms with Gasteiger partial charge >= 0.3 is 5.97 Å². The number of carbonyl (C=O) groups excluding carboxylic acids is 3. The van der Waals surface area contributed by atoms with Gasteiger partial charge in [-0.25, -0.2) is 0 Å². The highest BCUT2D eigenvalue weighted by Gasteiger charge is 2.78. The van der Waals surface area contributed by atoms with Crippen LogP contribution < -0.4 is 0 Å². The number of ether oxygens (including phenoxy) is 2. The molecule has 3 rings (SSSR count). The van der Waals surface area contributed by atoms with Crippen LogP contribution in [0.2, 0.25) is 0 Å². The van der Waals surface area contributed by atoms with Crippen LogP contribution in [-0.4, -0.2) is 82.3 Å². The number of carbonyl (C=O) groups is 3. The van der Waals surface area contributed by atoms with Crippen LogP contribution in [0, 0.1) is 11.8 Å². The number of aliphatic hydroxyl groups excluding tert-OH is 1. The molecule has 3 unspecified atom stereocenters. The first-order valence-electron chi connectivity index (χ1n) is 13.4. The summed E-state index contributed by atoms with van der Waals surface area (Å²) >= 11 is 0. The lowest BCUT2D eigenvalue weighted by molar-refractivity contribution is -0.160. The Morgan fingerprint density at radius 1 is 1.29 bits per heavy atom. The second-order valence-electron chi connectivity index (χ2n) is 10.6. The van der Waals surface area contributed by atoms with E-state index in [4.69, 9.17) is 14.6 Å². The highest BCUT2D eigenvalue weighted by Crippen LogP contribution is 2.63. The second-order valence-corrected chi connectivity index (χ2v) is 10.6. The van der Waals surface area contributed by atoms with Gasteiger partial charge in [-0.2, -0.15) is 0 Å². The van der Waals surface area contributed by atoms with Gasteiger partial charge in [0.05, 0.1) is 18.1 Å². The Kier molecular flexibility index (Phi) is 9.02. The average Bonchev–Trinajstić information content (AvgIpc) is 3.38. The molecule has 35 heavy (non-hydrogen) atoms. The fraction of sp³-hybridized carbons (Fsp3) is 0.815. The summed E-state index contributed by atoms with van der Waals surface area (Å²) in [6.45, 7) is 12.8. The standard InChI is InChI=1S/C27H44N2O6/c1-6-13-19(4)28(16-7-2)24(32)22-27-15-14-26(5,35-27)21(25(33)34-8-3)20(27)23(31)29(22)17-11-9-10-12-18-30/h7,19-22,30H,2,6,8-18H2,1,3-5H3/t19?,20-,21-,22?,26+,27?/m0/s1. The molecule has 1 N–H and O–H groups in total. The summed E-state index contributed by atoms with van der Waals surface area (Å²) in [5.74, 6) is -2.12. The van der Waals surface area contributed by atoms with Crippen molar-refractivity contribution in [3.8, 4) is 0 Å². The predicted molar refractivity (Wildman–Crippen MR) is 132 cm³/mol. The number of nitrogens with zero attached hydrogens (tertiary/aromatic N) is 2. The first kappa shape index (κ1) is 27.7. The van der Waals surface area contributed by atoms with Crippen LogP contribution in [0.4, 0.5) is 0 Å². The molecule has 8 heteroatoms. The molecule has 0 aromatic rings. The van der Waals surface area contributed by atoms with Crippen molar-refractivity contribution >= 4 is 17.8 Å². The Labute approximate surface area is 210 Å². The summed E-state index contributed by atoms with van der Waals surface area (Å²) in [4.78, 5) is 44.8. The molecule has 8 nitrogen and oxygen atoms in total. The van der Waals surface area contributed by atoms with Gasteiger partial charge in [-0.15, -0.1) is 6.58 Å². The SMILES string of the molecule is C=CCN(C(=O)C1N(CCCCCCO)C(=O)[C@@H]2[C@@H](C(=O)OCC)[C@@]3(C)CCC12O3)C(C)CCC. The van der Waals surface area contributed by atoms with Gasteiger partial charge in [0.25, 0.3) is 0 Å². The van der Waals surface area contributed by atoms with E-state index in [9.17, 15) is 14.4 Å². The molecule has 2 amide bonds. The fourth-order valence-corrected chi connectivity index (χ4v) is 6.64. The van der Waals surface area contributed by atoms with Crippen molar-refractivity contribution in [3.63, 3.8) is 0 Å². The summed E-state index contributed by atoms with van der Waals surface area (Å²) in [5.41, 5.74) is -1.83. The summed E-state index contributed by atoms with van der Waals surface area (Å²) < 4.78 is 12.0. The number of amides is 2. The van der Waals surface area contributed by atoms with Crippen LogP contribution in [0.15, 0.2) is 12.7 Å². The molecule has 1 spiro atoms. The molecular formula is C27H44N2O6. The third kappa shape index (κ3) is 4.88. The van der Waals surface area contributed by atoms with E-state index in [0.717, 1.165) is 38.5 Å². The Morgan fingerprint density at radius 3 is 2.63 bits per heavy atom. The lowest BCUT2D eigenvalue weighted by atomic mass is 9.66. The van der Waals surface area contributed by atoms with Gasteiger partial charge < -0.3 is 24.4 Å². The zero-order valence-corrected chi connectivity index (χ0v) is 22.0. The quantitative estimate of drug-likeness (QED) is 0.227. The minimum Gasteiger partial charge on any atom is -0.466 e. The van der Waals surface area contributed by atoms with E-state index in [1.807, 2.05) is 18.7 Å². The summed E-state index contributed by atoms with van der Waals surface area (Å²) in [6.07, 6.45) is 7.85. The molecule has 2 bridgehead atoms. The van der Waals surface area contributed by atoms with Gasteiger partial charge in [0.15, 0.2) is 0 Å².